The largest absolute Gasteiger partial charge is 0.338 e. The molecule has 5 nitrogen and oxygen atoms in total. The highest BCUT2D eigenvalue weighted by Crippen LogP contribution is 2.23. The van der Waals surface area contributed by atoms with Gasteiger partial charge in [0, 0.05) is 22.6 Å². The van der Waals surface area contributed by atoms with E-state index in [0.29, 0.717) is 24.2 Å². The number of hydrogen-bond donors (Lipinski definition) is 1. The van der Waals surface area contributed by atoms with Crippen molar-refractivity contribution < 1.29 is 4.52 Å². The first kappa shape index (κ1) is 14.7. The molecule has 6 heteroatoms. The summed E-state index contributed by atoms with van der Waals surface area (Å²) in [6, 6.07) is 8.14. The zero-order valence-corrected chi connectivity index (χ0v) is 13.6. The fourth-order valence-electron chi connectivity index (χ4n) is 2.69. The molecule has 1 aromatic heterocycles. The maximum Gasteiger partial charge on any atom is 0.241 e. The number of hydrogen-bond acceptors (Lipinski definition) is 5. The van der Waals surface area contributed by atoms with Gasteiger partial charge in [-0.05, 0) is 37.9 Å². The van der Waals surface area contributed by atoms with Crippen LogP contribution < -0.4 is 5.73 Å². The van der Waals surface area contributed by atoms with Crippen LogP contribution in [0.2, 0.25) is 0 Å². The number of halogens is 1. The minimum Gasteiger partial charge on any atom is -0.338 e. The van der Waals surface area contributed by atoms with Gasteiger partial charge in [0.15, 0.2) is 0 Å². The second-order valence-electron chi connectivity index (χ2n) is 5.67. The zero-order valence-electron chi connectivity index (χ0n) is 12.0. The van der Waals surface area contributed by atoms with Gasteiger partial charge in [0.05, 0.1) is 6.54 Å². The SMILES string of the molecule is CC(N)C1CCN(Cc2nc(-c3cccc(Br)c3)no2)C1. The van der Waals surface area contributed by atoms with Crippen LogP contribution in [0.1, 0.15) is 19.2 Å². The molecule has 1 saturated heterocycles. The van der Waals surface area contributed by atoms with Crippen LogP contribution in [0.25, 0.3) is 11.4 Å². The van der Waals surface area contributed by atoms with Gasteiger partial charge in [0.1, 0.15) is 0 Å². The third kappa shape index (κ3) is 3.51. The van der Waals surface area contributed by atoms with Crippen molar-refractivity contribution >= 4 is 15.9 Å². The van der Waals surface area contributed by atoms with Crippen LogP contribution in [0.4, 0.5) is 0 Å². The molecule has 3 rings (SSSR count). The van der Waals surface area contributed by atoms with Gasteiger partial charge in [-0.3, -0.25) is 4.90 Å². The Kier molecular flexibility index (Phi) is 4.37. The average molecular weight is 351 g/mol. The van der Waals surface area contributed by atoms with Crippen molar-refractivity contribution in [2.45, 2.75) is 25.9 Å². The normalized spacial score (nSPS) is 20.8. The Labute approximate surface area is 132 Å². The molecule has 1 aromatic carbocycles. The van der Waals surface area contributed by atoms with E-state index in [1.54, 1.807) is 0 Å². The van der Waals surface area contributed by atoms with Gasteiger partial charge in [-0.25, -0.2) is 0 Å². The predicted molar refractivity (Wildman–Crippen MR) is 84.5 cm³/mol. The minimum absolute atomic E-state index is 0.245. The maximum atomic E-state index is 5.97. The number of nitrogens with zero attached hydrogens (tertiary/aromatic N) is 3. The summed E-state index contributed by atoms with van der Waals surface area (Å²) in [6.45, 7) is 4.82. The predicted octanol–water partition coefficient (Wildman–Crippen LogP) is 2.67. The van der Waals surface area contributed by atoms with E-state index >= 15 is 0 Å². The van der Waals surface area contributed by atoms with Crippen LogP contribution in [0.15, 0.2) is 33.3 Å². The van der Waals surface area contributed by atoms with E-state index in [1.807, 2.05) is 24.3 Å². The van der Waals surface area contributed by atoms with Crippen molar-refractivity contribution in [2.24, 2.45) is 11.7 Å². The third-order valence-electron chi connectivity index (χ3n) is 3.96. The van der Waals surface area contributed by atoms with E-state index in [0.717, 1.165) is 29.5 Å². The molecule has 2 unspecified atom stereocenters. The number of aromatic nitrogens is 2. The van der Waals surface area contributed by atoms with Crippen molar-refractivity contribution in [2.75, 3.05) is 13.1 Å². The highest BCUT2D eigenvalue weighted by atomic mass is 79.9. The van der Waals surface area contributed by atoms with Crippen LogP contribution in [0.3, 0.4) is 0 Å². The third-order valence-corrected chi connectivity index (χ3v) is 4.46. The van der Waals surface area contributed by atoms with Crippen molar-refractivity contribution in [1.29, 1.82) is 0 Å². The standard InChI is InChI=1S/C15H19BrN4O/c1-10(17)12-5-6-20(8-12)9-14-18-15(19-21-14)11-3-2-4-13(16)7-11/h2-4,7,10,12H,5-6,8-9,17H2,1H3. The van der Waals surface area contributed by atoms with Gasteiger partial charge in [0.2, 0.25) is 11.7 Å². The van der Waals surface area contributed by atoms with Crippen molar-refractivity contribution in [3.05, 3.63) is 34.6 Å². The van der Waals surface area contributed by atoms with Crippen LogP contribution in [0.5, 0.6) is 0 Å². The molecular formula is C15H19BrN4O. The zero-order chi connectivity index (χ0) is 14.8. The molecule has 2 atom stereocenters. The summed E-state index contributed by atoms with van der Waals surface area (Å²) in [5, 5.41) is 4.07. The Bertz CT molecular complexity index is 613. The Hall–Kier alpha value is -1.24. The van der Waals surface area contributed by atoms with Crippen molar-refractivity contribution in [1.82, 2.24) is 15.0 Å². The lowest BCUT2D eigenvalue weighted by molar-refractivity contribution is 0.257. The van der Waals surface area contributed by atoms with E-state index in [4.69, 9.17) is 10.3 Å². The minimum atomic E-state index is 0.245. The van der Waals surface area contributed by atoms with Crippen molar-refractivity contribution in [3.63, 3.8) is 0 Å². The van der Waals surface area contributed by atoms with Gasteiger partial charge in [0.25, 0.3) is 0 Å². The van der Waals surface area contributed by atoms with Crippen LogP contribution >= 0.6 is 15.9 Å². The molecule has 0 amide bonds. The fraction of sp³-hybridized carbons (Fsp3) is 0.467. The summed E-state index contributed by atoms with van der Waals surface area (Å²) in [6.07, 6.45) is 1.14. The molecule has 1 aliphatic rings. The first-order valence-corrected chi connectivity index (χ1v) is 7.97. The molecule has 112 valence electrons. The lowest BCUT2D eigenvalue weighted by atomic mass is 10.0. The lowest BCUT2D eigenvalue weighted by Crippen LogP contribution is -2.29. The van der Waals surface area contributed by atoms with Gasteiger partial charge < -0.3 is 10.3 Å². The van der Waals surface area contributed by atoms with Crippen LogP contribution in [-0.4, -0.2) is 34.2 Å². The molecule has 0 saturated carbocycles. The quantitative estimate of drug-likeness (QED) is 0.917. The van der Waals surface area contributed by atoms with Crippen molar-refractivity contribution in [3.8, 4) is 11.4 Å². The smallest absolute Gasteiger partial charge is 0.241 e. The monoisotopic (exact) mass is 350 g/mol. The molecule has 2 heterocycles. The van der Waals surface area contributed by atoms with Crippen LogP contribution in [0, 0.1) is 5.92 Å². The maximum absolute atomic E-state index is 5.97. The van der Waals surface area contributed by atoms with Gasteiger partial charge in [-0.2, -0.15) is 4.98 Å². The number of rotatable bonds is 4. The number of likely N-dealkylation sites (tertiary alicyclic amines) is 1. The summed E-state index contributed by atoms with van der Waals surface area (Å²) in [5.41, 5.74) is 6.92. The molecule has 2 N–H and O–H groups in total. The molecular weight excluding hydrogens is 332 g/mol. The summed E-state index contributed by atoms with van der Waals surface area (Å²) >= 11 is 3.45. The highest BCUT2D eigenvalue weighted by molar-refractivity contribution is 9.10. The summed E-state index contributed by atoms with van der Waals surface area (Å²) in [7, 11) is 0. The summed E-state index contributed by atoms with van der Waals surface area (Å²) in [5.74, 6) is 1.86. The van der Waals surface area contributed by atoms with Gasteiger partial charge >= 0.3 is 0 Å². The molecule has 1 aliphatic heterocycles. The Morgan fingerprint density at radius 2 is 2.38 bits per heavy atom. The fourth-order valence-corrected chi connectivity index (χ4v) is 3.09. The first-order chi connectivity index (χ1) is 10.1. The highest BCUT2D eigenvalue weighted by Gasteiger charge is 2.26. The number of benzene rings is 1. The topological polar surface area (TPSA) is 68.2 Å². The molecule has 0 aliphatic carbocycles. The first-order valence-electron chi connectivity index (χ1n) is 7.18. The average Bonchev–Trinajstić information content (AvgIpc) is 3.08. The number of nitrogens with two attached hydrogens (primary N) is 1. The lowest BCUT2D eigenvalue weighted by Gasteiger charge is -2.15. The van der Waals surface area contributed by atoms with Gasteiger partial charge in [-0.15, -0.1) is 0 Å². The van der Waals surface area contributed by atoms with E-state index in [9.17, 15) is 0 Å². The van der Waals surface area contributed by atoms with E-state index in [2.05, 4.69) is 37.9 Å². The molecule has 0 radical (unpaired) electrons. The molecule has 0 bridgehead atoms. The summed E-state index contributed by atoms with van der Waals surface area (Å²) in [4.78, 5) is 6.81. The second-order valence-corrected chi connectivity index (χ2v) is 6.58. The second kappa shape index (κ2) is 6.25. The molecule has 2 aromatic rings. The van der Waals surface area contributed by atoms with Gasteiger partial charge in [-0.1, -0.05) is 33.2 Å². The Morgan fingerprint density at radius 3 is 3.10 bits per heavy atom. The molecule has 1 fully saturated rings. The summed E-state index contributed by atoms with van der Waals surface area (Å²) < 4.78 is 6.37. The van der Waals surface area contributed by atoms with Crippen LogP contribution in [-0.2, 0) is 6.54 Å². The molecule has 21 heavy (non-hydrogen) atoms. The van der Waals surface area contributed by atoms with E-state index in [1.165, 1.54) is 0 Å². The Morgan fingerprint density at radius 1 is 1.52 bits per heavy atom. The van der Waals surface area contributed by atoms with E-state index < -0.39 is 0 Å². The Balaban J connectivity index is 1.66. The molecule has 0 spiro atoms. The van der Waals surface area contributed by atoms with E-state index in [-0.39, 0.29) is 6.04 Å².